The minimum atomic E-state index is 0. The number of aliphatic imine (C=N–C) groups is 1. The van der Waals surface area contributed by atoms with Gasteiger partial charge in [0, 0.05) is 25.7 Å². The molecular weight excluding hydrogens is 451 g/mol. The molecule has 0 bridgehead atoms. The number of benzene rings is 1. The van der Waals surface area contributed by atoms with E-state index in [-0.39, 0.29) is 30.1 Å². The molecule has 27 heavy (non-hydrogen) atoms. The van der Waals surface area contributed by atoms with Gasteiger partial charge in [0.2, 0.25) is 0 Å². The predicted octanol–water partition coefficient (Wildman–Crippen LogP) is 3.81. The Morgan fingerprint density at radius 3 is 2.48 bits per heavy atom. The van der Waals surface area contributed by atoms with Gasteiger partial charge in [-0.1, -0.05) is 24.6 Å². The first-order chi connectivity index (χ1) is 12.6. The number of hydrogen-bond donors (Lipinski definition) is 2. The number of rotatable bonds is 8. The summed E-state index contributed by atoms with van der Waals surface area (Å²) >= 11 is 0. The fraction of sp³-hybridized carbons (Fsp3) is 0.667. The number of guanidine groups is 1. The predicted molar refractivity (Wildman–Crippen MR) is 126 cm³/mol. The standard InChI is InChI=1S/C21H36N4O.HI/c1-5-13-25-14-11-19(12-15-25)24-21(22-6-2)23-16-18(4)26-20-9-7-17(3)8-10-20;/h7-10,18-19H,5-6,11-16H2,1-4H3,(H2,22,23,24);1H. The molecule has 1 saturated heterocycles. The second-order valence-corrected chi connectivity index (χ2v) is 7.22. The molecule has 1 aromatic carbocycles. The van der Waals surface area contributed by atoms with E-state index >= 15 is 0 Å². The van der Waals surface area contributed by atoms with Gasteiger partial charge in [0.05, 0.1) is 6.54 Å². The van der Waals surface area contributed by atoms with Gasteiger partial charge in [0.25, 0.3) is 0 Å². The lowest BCUT2D eigenvalue weighted by molar-refractivity contribution is 0.206. The summed E-state index contributed by atoms with van der Waals surface area (Å²) in [6.45, 7) is 13.6. The van der Waals surface area contributed by atoms with Crippen LogP contribution in [0.25, 0.3) is 0 Å². The van der Waals surface area contributed by atoms with Crippen LogP contribution in [0.2, 0.25) is 0 Å². The monoisotopic (exact) mass is 488 g/mol. The molecule has 154 valence electrons. The highest BCUT2D eigenvalue weighted by Crippen LogP contribution is 2.13. The van der Waals surface area contributed by atoms with E-state index < -0.39 is 0 Å². The summed E-state index contributed by atoms with van der Waals surface area (Å²) in [4.78, 5) is 7.29. The lowest BCUT2D eigenvalue weighted by Crippen LogP contribution is -2.49. The maximum atomic E-state index is 5.96. The van der Waals surface area contributed by atoms with Crippen LogP contribution in [0, 0.1) is 6.92 Å². The van der Waals surface area contributed by atoms with E-state index in [1.54, 1.807) is 0 Å². The molecule has 0 radical (unpaired) electrons. The van der Waals surface area contributed by atoms with Crippen molar-refractivity contribution >= 4 is 29.9 Å². The molecule has 5 nitrogen and oxygen atoms in total. The largest absolute Gasteiger partial charge is 0.489 e. The van der Waals surface area contributed by atoms with Crippen LogP contribution >= 0.6 is 24.0 Å². The Kier molecular flexibility index (Phi) is 11.7. The van der Waals surface area contributed by atoms with E-state index in [2.05, 4.69) is 55.4 Å². The number of piperidine rings is 1. The SMILES string of the molecule is CCCN1CCC(NC(=NCC(C)Oc2ccc(C)cc2)NCC)CC1.I. The highest BCUT2D eigenvalue weighted by Gasteiger charge is 2.19. The Hall–Kier alpha value is -1.02. The van der Waals surface area contributed by atoms with E-state index in [1.165, 1.54) is 44.5 Å². The third-order valence-corrected chi connectivity index (χ3v) is 4.68. The molecule has 0 spiro atoms. The Balaban J connectivity index is 0.00000364. The van der Waals surface area contributed by atoms with E-state index in [1.807, 2.05) is 12.1 Å². The molecule has 0 aliphatic carbocycles. The number of likely N-dealkylation sites (tertiary alicyclic amines) is 1. The van der Waals surface area contributed by atoms with Crippen molar-refractivity contribution in [2.75, 3.05) is 32.7 Å². The van der Waals surface area contributed by atoms with Crippen molar-refractivity contribution in [3.8, 4) is 5.75 Å². The van der Waals surface area contributed by atoms with Crippen LogP contribution in [0.5, 0.6) is 5.75 Å². The molecular formula is C21H37IN4O. The molecule has 0 saturated carbocycles. The van der Waals surface area contributed by atoms with Gasteiger partial charge in [0.1, 0.15) is 11.9 Å². The number of hydrogen-bond acceptors (Lipinski definition) is 3. The fourth-order valence-electron chi connectivity index (χ4n) is 3.24. The molecule has 1 aliphatic rings. The molecule has 1 fully saturated rings. The van der Waals surface area contributed by atoms with E-state index in [0.29, 0.717) is 12.6 Å². The number of nitrogens with one attached hydrogen (secondary N) is 2. The van der Waals surface area contributed by atoms with Gasteiger partial charge in [-0.25, -0.2) is 4.99 Å². The minimum absolute atomic E-state index is 0. The third kappa shape index (κ3) is 9.14. The third-order valence-electron chi connectivity index (χ3n) is 4.68. The first-order valence-electron chi connectivity index (χ1n) is 10.1. The number of ether oxygens (including phenoxy) is 1. The molecule has 6 heteroatoms. The van der Waals surface area contributed by atoms with Crippen LogP contribution in [-0.4, -0.2) is 55.7 Å². The van der Waals surface area contributed by atoms with Crippen molar-refractivity contribution in [1.82, 2.24) is 15.5 Å². The quantitative estimate of drug-likeness (QED) is 0.332. The minimum Gasteiger partial charge on any atom is -0.489 e. The van der Waals surface area contributed by atoms with Crippen LogP contribution in [0.1, 0.15) is 45.6 Å². The van der Waals surface area contributed by atoms with Crippen molar-refractivity contribution in [3.63, 3.8) is 0 Å². The van der Waals surface area contributed by atoms with E-state index in [9.17, 15) is 0 Å². The molecule has 2 rings (SSSR count). The zero-order chi connectivity index (χ0) is 18.8. The van der Waals surface area contributed by atoms with Gasteiger partial charge in [-0.3, -0.25) is 0 Å². The molecule has 1 aliphatic heterocycles. The maximum absolute atomic E-state index is 5.96. The average molecular weight is 488 g/mol. The molecule has 0 amide bonds. The van der Waals surface area contributed by atoms with Crippen LogP contribution in [0.4, 0.5) is 0 Å². The Labute approximate surface area is 182 Å². The van der Waals surface area contributed by atoms with Gasteiger partial charge in [-0.15, -0.1) is 24.0 Å². The number of halogens is 1. The van der Waals surface area contributed by atoms with E-state index in [0.717, 1.165) is 18.3 Å². The summed E-state index contributed by atoms with van der Waals surface area (Å²) in [6, 6.07) is 8.68. The fourth-order valence-corrected chi connectivity index (χ4v) is 3.24. The average Bonchev–Trinajstić information content (AvgIpc) is 2.64. The molecule has 1 atom stereocenters. The normalized spacial score (nSPS) is 17.1. The Morgan fingerprint density at radius 2 is 1.89 bits per heavy atom. The van der Waals surface area contributed by atoms with Crippen LogP contribution < -0.4 is 15.4 Å². The van der Waals surface area contributed by atoms with Crippen molar-refractivity contribution in [2.45, 2.75) is 59.1 Å². The summed E-state index contributed by atoms with van der Waals surface area (Å²) in [5.74, 6) is 1.81. The zero-order valence-corrected chi connectivity index (χ0v) is 19.7. The summed E-state index contributed by atoms with van der Waals surface area (Å²) in [7, 11) is 0. The van der Waals surface area contributed by atoms with E-state index in [4.69, 9.17) is 9.73 Å². The molecule has 2 N–H and O–H groups in total. The highest BCUT2D eigenvalue weighted by molar-refractivity contribution is 14.0. The zero-order valence-electron chi connectivity index (χ0n) is 17.3. The van der Waals surface area contributed by atoms with Gasteiger partial charge in [-0.2, -0.15) is 0 Å². The molecule has 1 aromatic rings. The van der Waals surface area contributed by atoms with Crippen LogP contribution in [-0.2, 0) is 0 Å². The van der Waals surface area contributed by atoms with Crippen molar-refractivity contribution in [1.29, 1.82) is 0 Å². The van der Waals surface area contributed by atoms with Crippen molar-refractivity contribution in [2.24, 2.45) is 4.99 Å². The van der Waals surface area contributed by atoms with Gasteiger partial charge >= 0.3 is 0 Å². The number of aryl methyl sites for hydroxylation is 1. The Morgan fingerprint density at radius 1 is 1.22 bits per heavy atom. The summed E-state index contributed by atoms with van der Waals surface area (Å²) < 4.78 is 5.96. The second-order valence-electron chi connectivity index (χ2n) is 7.22. The second kappa shape index (κ2) is 13.2. The van der Waals surface area contributed by atoms with Gasteiger partial charge in [-0.05, 0) is 58.7 Å². The van der Waals surface area contributed by atoms with Gasteiger partial charge < -0.3 is 20.3 Å². The maximum Gasteiger partial charge on any atom is 0.191 e. The van der Waals surface area contributed by atoms with Crippen LogP contribution in [0.3, 0.4) is 0 Å². The van der Waals surface area contributed by atoms with Crippen molar-refractivity contribution in [3.05, 3.63) is 29.8 Å². The first-order valence-corrected chi connectivity index (χ1v) is 10.1. The summed E-state index contributed by atoms with van der Waals surface area (Å²) in [5.41, 5.74) is 1.24. The number of nitrogens with zero attached hydrogens (tertiary/aromatic N) is 2. The molecule has 0 aromatic heterocycles. The lowest BCUT2D eigenvalue weighted by Gasteiger charge is -2.32. The molecule has 1 heterocycles. The summed E-state index contributed by atoms with van der Waals surface area (Å²) in [6.07, 6.45) is 3.64. The van der Waals surface area contributed by atoms with Gasteiger partial charge in [0.15, 0.2) is 5.96 Å². The molecule has 1 unspecified atom stereocenters. The smallest absolute Gasteiger partial charge is 0.191 e. The van der Waals surface area contributed by atoms with Crippen LogP contribution in [0.15, 0.2) is 29.3 Å². The Bertz CT molecular complexity index is 542. The van der Waals surface area contributed by atoms with Crippen molar-refractivity contribution < 1.29 is 4.74 Å². The first kappa shape index (κ1) is 24.0. The topological polar surface area (TPSA) is 48.9 Å². The highest BCUT2D eigenvalue weighted by atomic mass is 127. The lowest BCUT2D eigenvalue weighted by atomic mass is 10.1. The summed E-state index contributed by atoms with van der Waals surface area (Å²) in [5, 5.41) is 6.97.